The van der Waals surface area contributed by atoms with E-state index in [1.54, 1.807) is 49.4 Å². The number of carbonyl (C=O) groups is 2. The number of aryl methyl sites for hydroxylation is 2. The first-order valence-electron chi connectivity index (χ1n) is 12.8. The van der Waals surface area contributed by atoms with E-state index in [2.05, 4.69) is 5.32 Å². The minimum Gasteiger partial charge on any atom is -0.354 e. The quantitative estimate of drug-likeness (QED) is 0.386. The summed E-state index contributed by atoms with van der Waals surface area (Å²) in [5.74, 6) is -0.509. The maximum Gasteiger partial charge on any atom is 0.264 e. The van der Waals surface area contributed by atoms with Gasteiger partial charge in [0.05, 0.1) is 10.6 Å². The highest BCUT2D eigenvalue weighted by Gasteiger charge is 2.32. The van der Waals surface area contributed by atoms with Crippen molar-refractivity contribution in [1.29, 1.82) is 0 Å². The molecule has 0 saturated carbocycles. The van der Waals surface area contributed by atoms with Crippen molar-refractivity contribution in [3.05, 3.63) is 95.6 Å². The SMILES string of the molecule is Cc1ccc(CN(C(=O)CN(c2ccccc2)S(=O)(=O)c2ccc(C)cc2)[C@@H](C)C(=O)NCC(C)C)cc1. The maximum atomic E-state index is 13.9. The third-order valence-corrected chi connectivity index (χ3v) is 8.05. The highest BCUT2D eigenvalue weighted by Crippen LogP contribution is 2.24. The first-order chi connectivity index (χ1) is 18.0. The number of nitrogens with zero attached hydrogens (tertiary/aromatic N) is 2. The lowest BCUT2D eigenvalue weighted by atomic mass is 10.1. The lowest BCUT2D eigenvalue weighted by Crippen LogP contribution is -2.51. The highest BCUT2D eigenvalue weighted by atomic mass is 32.2. The van der Waals surface area contributed by atoms with E-state index in [-0.39, 0.29) is 23.3 Å². The number of amides is 2. The molecule has 8 heteroatoms. The smallest absolute Gasteiger partial charge is 0.264 e. The molecule has 0 aromatic heterocycles. The summed E-state index contributed by atoms with van der Waals surface area (Å²) in [6.07, 6.45) is 0. The molecule has 1 atom stereocenters. The van der Waals surface area contributed by atoms with Crippen LogP contribution in [-0.4, -0.2) is 44.3 Å². The Bertz CT molecular complexity index is 1320. The van der Waals surface area contributed by atoms with Crippen LogP contribution in [-0.2, 0) is 26.2 Å². The van der Waals surface area contributed by atoms with Gasteiger partial charge in [-0.3, -0.25) is 13.9 Å². The molecule has 0 radical (unpaired) electrons. The van der Waals surface area contributed by atoms with Crippen molar-refractivity contribution in [3.8, 4) is 0 Å². The van der Waals surface area contributed by atoms with Gasteiger partial charge in [-0.25, -0.2) is 8.42 Å². The van der Waals surface area contributed by atoms with Crippen LogP contribution in [0.2, 0.25) is 0 Å². The van der Waals surface area contributed by atoms with Gasteiger partial charge in [0.15, 0.2) is 0 Å². The van der Waals surface area contributed by atoms with E-state index in [1.165, 1.54) is 17.0 Å². The average Bonchev–Trinajstić information content (AvgIpc) is 2.90. The average molecular weight is 536 g/mol. The van der Waals surface area contributed by atoms with Gasteiger partial charge in [-0.05, 0) is 56.5 Å². The Hall–Kier alpha value is -3.65. The standard InChI is InChI=1S/C30H37N3O4S/c1-22(2)19-31-30(35)25(5)32(20-26-15-11-23(3)12-16-26)29(34)21-33(27-9-7-6-8-10-27)38(36,37)28-17-13-24(4)14-18-28/h6-18,22,25H,19-21H2,1-5H3,(H,31,35)/t25-/m0/s1. The molecule has 7 nitrogen and oxygen atoms in total. The summed E-state index contributed by atoms with van der Waals surface area (Å²) in [5, 5.41) is 2.89. The zero-order chi connectivity index (χ0) is 27.9. The lowest BCUT2D eigenvalue weighted by molar-refractivity contribution is -0.139. The highest BCUT2D eigenvalue weighted by molar-refractivity contribution is 7.92. The van der Waals surface area contributed by atoms with E-state index in [0.717, 1.165) is 21.0 Å². The molecule has 0 bridgehead atoms. The molecule has 2 amide bonds. The number of benzene rings is 3. The fourth-order valence-electron chi connectivity index (χ4n) is 3.89. The van der Waals surface area contributed by atoms with Crippen LogP contribution < -0.4 is 9.62 Å². The monoisotopic (exact) mass is 535 g/mol. The zero-order valence-electron chi connectivity index (χ0n) is 22.7. The lowest BCUT2D eigenvalue weighted by Gasteiger charge is -2.32. The summed E-state index contributed by atoms with van der Waals surface area (Å²) in [7, 11) is -4.06. The summed E-state index contributed by atoms with van der Waals surface area (Å²) < 4.78 is 28.6. The predicted molar refractivity (Wildman–Crippen MR) is 151 cm³/mol. The normalized spacial score (nSPS) is 12.2. The summed E-state index contributed by atoms with van der Waals surface area (Å²) >= 11 is 0. The third-order valence-electron chi connectivity index (χ3n) is 6.26. The van der Waals surface area contributed by atoms with E-state index in [0.29, 0.717) is 12.2 Å². The summed E-state index contributed by atoms with van der Waals surface area (Å²) in [4.78, 5) is 28.4. The zero-order valence-corrected chi connectivity index (χ0v) is 23.5. The Morgan fingerprint density at radius 3 is 1.92 bits per heavy atom. The van der Waals surface area contributed by atoms with E-state index in [1.807, 2.05) is 52.0 Å². The van der Waals surface area contributed by atoms with Gasteiger partial charge >= 0.3 is 0 Å². The Morgan fingerprint density at radius 2 is 1.37 bits per heavy atom. The topological polar surface area (TPSA) is 86.8 Å². The van der Waals surface area contributed by atoms with Crippen LogP contribution in [0.4, 0.5) is 5.69 Å². The van der Waals surface area contributed by atoms with Crippen molar-refractivity contribution in [2.45, 2.75) is 52.1 Å². The van der Waals surface area contributed by atoms with Crippen molar-refractivity contribution < 1.29 is 18.0 Å². The molecule has 202 valence electrons. The van der Waals surface area contributed by atoms with Crippen LogP contribution in [0, 0.1) is 19.8 Å². The number of para-hydroxylation sites is 1. The summed E-state index contributed by atoms with van der Waals surface area (Å²) in [5.41, 5.74) is 3.22. The molecule has 0 aliphatic carbocycles. The Balaban J connectivity index is 1.97. The fourth-order valence-corrected chi connectivity index (χ4v) is 5.30. The molecule has 0 aliphatic heterocycles. The molecule has 0 saturated heterocycles. The molecule has 0 aliphatic rings. The Labute approximate surface area is 226 Å². The van der Waals surface area contributed by atoms with Gasteiger partial charge in [0, 0.05) is 13.1 Å². The first-order valence-corrected chi connectivity index (χ1v) is 14.2. The molecule has 1 N–H and O–H groups in total. The number of hydrogen-bond donors (Lipinski definition) is 1. The molecule has 0 unspecified atom stereocenters. The summed E-state index contributed by atoms with van der Waals surface area (Å²) in [6, 6.07) is 22.0. The Morgan fingerprint density at radius 1 is 0.816 bits per heavy atom. The van der Waals surface area contributed by atoms with E-state index in [4.69, 9.17) is 0 Å². The van der Waals surface area contributed by atoms with Crippen molar-refractivity contribution in [2.75, 3.05) is 17.4 Å². The second-order valence-corrected chi connectivity index (χ2v) is 11.8. The predicted octanol–water partition coefficient (Wildman–Crippen LogP) is 4.69. The number of hydrogen-bond acceptors (Lipinski definition) is 4. The van der Waals surface area contributed by atoms with Crippen LogP contribution in [0.5, 0.6) is 0 Å². The van der Waals surface area contributed by atoms with Crippen LogP contribution in [0.3, 0.4) is 0 Å². The number of carbonyl (C=O) groups excluding carboxylic acids is 2. The van der Waals surface area contributed by atoms with Crippen LogP contribution in [0.25, 0.3) is 0 Å². The van der Waals surface area contributed by atoms with E-state index < -0.39 is 28.5 Å². The van der Waals surface area contributed by atoms with Crippen LogP contribution in [0.1, 0.15) is 37.5 Å². The molecular weight excluding hydrogens is 498 g/mol. The molecule has 3 rings (SSSR count). The number of nitrogens with one attached hydrogen (secondary N) is 1. The second kappa shape index (κ2) is 12.7. The van der Waals surface area contributed by atoms with Crippen molar-refractivity contribution >= 4 is 27.5 Å². The molecule has 0 spiro atoms. The minimum absolute atomic E-state index is 0.0903. The van der Waals surface area contributed by atoms with Gasteiger partial charge in [-0.2, -0.15) is 0 Å². The molecule has 38 heavy (non-hydrogen) atoms. The van der Waals surface area contributed by atoms with Crippen molar-refractivity contribution in [1.82, 2.24) is 10.2 Å². The molecule has 3 aromatic carbocycles. The Kier molecular flexibility index (Phi) is 9.69. The van der Waals surface area contributed by atoms with Gasteiger partial charge in [0.2, 0.25) is 11.8 Å². The number of rotatable bonds is 11. The molecule has 0 heterocycles. The van der Waals surface area contributed by atoms with Gasteiger partial charge in [-0.15, -0.1) is 0 Å². The second-order valence-electron chi connectivity index (χ2n) is 9.98. The van der Waals surface area contributed by atoms with Gasteiger partial charge in [-0.1, -0.05) is 79.6 Å². The van der Waals surface area contributed by atoms with Crippen molar-refractivity contribution in [2.24, 2.45) is 5.92 Å². The molecular formula is C30H37N3O4S. The first kappa shape index (κ1) is 28.9. The minimum atomic E-state index is -4.06. The number of sulfonamides is 1. The van der Waals surface area contributed by atoms with Crippen LogP contribution in [0.15, 0.2) is 83.8 Å². The third kappa shape index (κ3) is 7.44. The summed E-state index contributed by atoms with van der Waals surface area (Å²) in [6.45, 7) is 9.71. The van der Waals surface area contributed by atoms with Gasteiger partial charge < -0.3 is 10.2 Å². The van der Waals surface area contributed by atoms with E-state index in [9.17, 15) is 18.0 Å². The largest absolute Gasteiger partial charge is 0.354 e. The van der Waals surface area contributed by atoms with E-state index >= 15 is 0 Å². The molecule has 0 fully saturated rings. The number of anilines is 1. The van der Waals surface area contributed by atoms with Gasteiger partial charge in [0.1, 0.15) is 12.6 Å². The van der Waals surface area contributed by atoms with Gasteiger partial charge in [0.25, 0.3) is 10.0 Å². The van der Waals surface area contributed by atoms with Crippen LogP contribution >= 0.6 is 0 Å². The maximum absolute atomic E-state index is 13.9. The fraction of sp³-hybridized carbons (Fsp3) is 0.333. The van der Waals surface area contributed by atoms with Crippen molar-refractivity contribution in [3.63, 3.8) is 0 Å². The molecule has 3 aromatic rings.